The Bertz CT molecular complexity index is 565. The molecule has 0 heterocycles. The molecule has 24 heavy (non-hydrogen) atoms. The summed E-state index contributed by atoms with van der Waals surface area (Å²) >= 11 is 0. The number of nitrogens with one attached hydrogen (secondary N) is 1. The van der Waals surface area contributed by atoms with Crippen molar-refractivity contribution in [3.05, 3.63) is 24.3 Å². The van der Waals surface area contributed by atoms with Crippen LogP contribution in [0.25, 0.3) is 0 Å². The van der Waals surface area contributed by atoms with Gasteiger partial charge in [-0.25, -0.2) is 0 Å². The van der Waals surface area contributed by atoms with Crippen molar-refractivity contribution in [2.45, 2.75) is 52.2 Å². The van der Waals surface area contributed by atoms with Gasteiger partial charge in [0.2, 0.25) is 5.91 Å². The lowest BCUT2D eigenvalue weighted by molar-refractivity contribution is -0.166. The van der Waals surface area contributed by atoms with Gasteiger partial charge in [0.25, 0.3) is 0 Å². The van der Waals surface area contributed by atoms with E-state index in [4.69, 9.17) is 15.2 Å². The first-order valence-corrected chi connectivity index (χ1v) is 8.30. The van der Waals surface area contributed by atoms with Gasteiger partial charge in [-0.1, -0.05) is 26.8 Å². The van der Waals surface area contributed by atoms with Crippen LogP contribution in [0.4, 0.5) is 5.69 Å². The number of ether oxygens (including phenoxy) is 2. The van der Waals surface area contributed by atoms with Gasteiger partial charge < -0.3 is 20.5 Å². The highest BCUT2D eigenvalue weighted by atomic mass is 35.5. The maximum atomic E-state index is 12.7. The predicted octanol–water partition coefficient (Wildman–Crippen LogP) is 3.37. The molecule has 2 rings (SSSR count). The van der Waals surface area contributed by atoms with E-state index in [1.807, 2.05) is 45.0 Å². The van der Waals surface area contributed by atoms with Crippen LogP contribution >= 0.6 is 12.4 Å². The molecule has 5 nitrogen and oxygen atoms in total. The Hall–Kier alpha value is -1.30. The lowest BCUT2D eigenvalue weighted by Crippen LogP contribution is -2.74. The SMILES string of the molecule is CCCOc1cccc(NC(=O)C2(N)CC(OCC)C2(C)C)c1.Cl. The average molecular weight is 357 g/mol. The Morgan fingerprint density at radius 3 is 2.67 bits per heavy atom. The van der Waals surface area contributed by atoms with E-state index in [1.54, 1.807) is 0 Å². The molecule has 2 atom stereocenters. The highest BCUT2D eigenvalue weighted by Crippen LogP contribution is 2.50. The van der Waals surface area contributed by atoms with Crippen LogP contribution in [-0.2, 0) is 9.53 Å². The summed E-state index contributed by atoms with van der Waals surface area (Å²) in [5.41, 5.74) is 5.76. The zero-order valence-electron chi connectivity index (χ0n) is 14.9. The van der Waals surface area contributed by atoms with Crippen molar-refractivity contribution >= 4 is 24.0 Å². The molecule has 2 unspecified atom stereocenters. The van der Waals surface area contributed by atoms with Crippen LogP contribution in [0, 0.1) is 5.41 Å². The number of hydrogen-bond donors (Lipinski definition) is 2. The molecule has 3 N–H and O–H groups in total. The number of amides is 1. The molecule has 0 saturated heterocycles. The molecule has 1 aliphatic rings. The van der Waals surface area contributed by atoms with Gasteiger partial charge in [0.1, 0.15) is 11.3 Å². The molecule has 6 heteroatoms. The van der Waals surface area contributed by atoms with Crippen molar-refractivity contribution in [3.63, 3.8) is 0 Å². The lowest BCUT2D eigenvalue weighted by Gasteiger charge is -2.57. The highest BCUT2D eigenvalue weighted by molar-refractivity contribution is 5.99. The molecule has 0 aliphatic heterocycles. The fourth-order valence-corrected chi connectivity index (χ4v) is 2.95. The van der Waals surface area contributed by atoms with E-state index >= 15 is 0 Å². The number of benzene rings is 1. The molecule has 1 aliphatic carbocycles. The van der Waals surface area contributed by atoms with Crippen molar-refractivity contribution in [2.24, 2.45) is 11.1 Å². The predicted molar refractivity (Wildman–Crippen MR) is 98.8 cm³/mol. The van der Waals surface area contributed by atoms with Gasteiger partial charge in [-0.2, -0.15) is 0 Å². The fourth-order valence-electron chi connectivity index (χ4n) is 2.95. The zero-order valence-corrected chi connectivity index (χ0v) is 15.7. The number of halogens is 1. The molecule has 0 bridgehead atoms. The Morgan fingerprint density at radius 1 is 1.38 bits per heavy atom. The number of anilines is 1. The first kappa shape index (κ1) is 20.7. The summed E-state index contributed by atoms with van der Waals surface area (Å²) in [5, 5.41) is 2.92. The lowest BCUT2D eigenvalue weighted by atomic mass is 9.54. The third kappa shape index (κ3) is 3.85. The van der Waals surface area contributed by atoms with Crippen LogP contribution in [0.15, 0.2) is 24.3 Å². The minimum absolute atomic E-state index is 0. The number of carbonyl (C=O) groups excluding carboxylic acids is 1. The Kier molecular flexibility index (Phi) is 7.08. The molecule has 1 aromatic rings. The minimum atomic E-state index is -0.923. The van der Waals surface area contributed by atoms with E-state index in [1.165, 1.54) is 0 Å². The third-order valence-corrected chi connectivity index (χ3v) is 4.80. The number of rotatable bonds is 7. The van der Waals surface area contributed by atoms with Gasteiger partial charge in [-0.3, -0.25) is 4.79 Å². The van der Waals surface area contributed by atoms with Gasteiger partial charge in [0.15, 0.2) is 0 Å². The summed E-state index contributed by atoms with van der Waals surface area (Å²) in [6.07, 6.45) is 1.49. The van der Waals surface area contributed by atoms with Crippen molar-refractivity contribution in [2.75, 3.05) is 18.5 Å². The fraction of sp³-hybridized carbons (Fsp3) is 0.611. The average Bonchev–Trinajstić information content (AvgIpc) is 2.52. The van der Waals surface area contributed by atoms with E-state index in [0.717, 1.165) is 12.2 Å². The molecular formula is C18H29ClN2O3. The first-order valence-electron chi connectivity index (χ1n) is 8.30. The largest absolute Gasteiger partial charge is 0.494 e. The van der Waals surface area contributed by atoms with Crippen LogP contribution in [0.1, 0.15) is 40.5 Å². The van der Waals surface area contributed by atoms with E-state index in [0.29, 0.717) is 25.3 Å². The van der Waals surface area contributed by atoms with Crippen LogP contribution in [0.3, 0.4) is 0 Å². The number of nitrogens with two attached hydrogens (primary N) is 1. The summed E-state index contributed by atoms with van der Waals surface area (Å²) in [5.74, 6) is 0.571. The molecule has 1 aromatic carbocycles. The van der Waals surface area contributed by atoms with Crippen molar-refractivity contribution in [1.29, 1.82) is 0 Å². The molecular weight excluding hydrogens is 328 g/mol. The van der Waals surface area contributed by atoms with Gasteiger partial charge in [0.05, 0.1) is 12.7 Å². The molecule has 136 valence electrons. The smallest absolute Gasteiger partial charge is 0.245 e. The summed E-state index contributed by atoms with van der Waals surface area (Å²) in [4.78, 5) is 12.7. The van der Waals surface area contributed by atoms with Crippen LogP contribution in [0.2, 0.25) is 0 Å². The molecule has 1 amide bonds. The van der Waals surface area contributed by atoms with Gasteiger partial charge >= 0.3 is 0 Å². The molecule has 0 radical (unpaired) electrons. The monoisotopic (exact) mass is 356 g/mol. The molecule has 0 spiro atoms. The highest BCUT2D eigenvalue weighted by Gasteiger charge is 2.62. The minimum Gasteiger partial charge on any atom is -0.494 e. The van der Waals surface area contributed by atoms with E-state index in [2.05, 4.69) is 12.2 Å². The summed E-state index contributed by atoms with van der Waals surface area (Å²) in [6, 6.07) is 7.40. The van der Waals surface area contributed by atoms with Gasteiger partial charge in [0, 0.05) is 30.2 Å². The Labute approximate surface area is 150 Å². The van der Waals surface area contributed by atoms with Crippen LogP contribution < -0.4 is 15.8 Å². The van der Waals surface area contributed by atoms with Crippen LogP contribution in [0.5, 0.6) is 5.75 Å². The van der Waals surface area contributed by atoms with E-state index in [-0.39, 0.29) is 24.4 Å². The van der Waals surface area contributed by atoms with Crippen molar-refractivity contribution < 1.29 is 14.3 Å². The number of hydrogen-bond acceptors (Lipinski definition) is 4. The standard InChI is InChI=1S/C18H28N2O3.ClH/c1-5-10-23-14-9-7-8-13(11-14)20-16(21)18(19)12-15(22-6-2)17(18,3)4;/h7-9,11,15H,5-6,10,12,19H2,1-4H3,(H,20,21);1H. The second-order valence-corrected chi connectivity index (χ2v) is 6.67. The zero-order chi connectivity index (χ0) is 17.1. The summed E-state index contributed by atoms with van der Waals surface area (Å²) in [6.45, 7) is 9.25. The maximum Gasteiger partial charge on any atom is 0.245 e. The van der Waals surface area contributed by atoms with Crippen molar-refractivity contribution in [3.8, 4) is 5.75 Å². The third-order valence-electron chi connectivity index (χ3n) is 4.80. The summed E-state index contributed by atoms with van der Waals surface area (Å²) < 4.78 is 11.3. The summed E-state index contributed by atoms with van der Waals surface area (Å²) in [7, 11) is 0. The van der Waals surface area contributed by atoms with Gasteiger partial charge in [-0.15, -0.1) is 12.4 Å². The van der Waals surface area contributed by atoms with E-state index < -0.39 is 11.0 Å². The molecule has 0 aromatic heterocycles. The van der Waals surface area contributed by atoms with E-state index in [9.17, 15) is 4.79 Å². The Morgan fingerprint density at radius 2 is 2.08 bits per heavy atom. The maximum absolute atomic E-state index is 12.7. The second-order valence-electron chi connectivity index (χ2n) is 6.67. The normalized spacial score (nSPS) is 24.5. The second kappa shape index (κ2) is 8.19. The van der Waals surface area contributed by atoms with Crippen LogP contribution in [-0.4, -0.2) is 30.8 Å². The number of carbonyl (C=O) groups is 1. The quantitative estimate of drug-likeness (QED) is 0.785. The topological polar surface area (TPSA) is 73.6 Å². The molecule has 1 fully saturated rings. The molecule has 1 saturated carbocycles. The van der Waals surface area contributed by atoms with Gasteiger partial charge in [-0.05, 0) is 25.5 Å². The first-order chi connectivity index (χ1) is 10.8. The van der Waals surface area contributed by atoms with Crippen molar-refractivity contribution in [1.82, 2.24) is 0 Å². The Balaban J connectivity index is 0.00000288.